The van der Waals surface area contributed by atoms with E-state index in [0.29, 0.717) is 19.6 Å². The molecule has 0 aromatic heterocycles. The molecule has 56 heavy (non-hydrogen) atoms. The number of ether oxygens (including phenoxy) is 3. The smallest absolute Gasteiger partial charge is 0.220 e. The molecule has 0 aromatic carbocycles. The highest BCUT2D eigenvalue weighted by atomic mass is 16.7. The summed E-state index contributed by atoms with van der Waals surface area (Å²) < 4.78 is 17.8. The van der Waals surface area contributed by atoms with Crippen molar-refractivity contribution >= 4 is 5.91 Å². The highest BCUT2D eigenvalue weighted by Gasteiger charge is 2.34. The van der Waals surface area contributed by atoms with Crippen LogP contribution in [0.4, 0.5) is 0 Å². The molecule has 0 radical (unpaired) electrons. The van der Waals surface area contributed by atoms with Crippen LogP contribution in [0.15, 0.2) is 12.2 Å². The summed E-state index contributed by atoms with van der Waals surface area (Å²) in [7, 11) is 0. The molecule has 334 valence electrons. The predicted octanol–water partition coefficient (Wildman–Crippen LogP) is 14.9. The van der Waals surface area contributed by atoms with Gasteiger partial charge in [0.05, 0.1) is 12.1 Å². The third-order valence-corrected chi connectivity index (χ3v) is 11.5. The van der Waals surface area contributed by atoms with Crippen LogP contribution in [0.3, 0.4) is 0 Å². The standard InChI is InChI=1S/C50H99NO5/c1-7-11-13-15-17-19-21-23-24-25-26-27-28-29-30-32-34-36-38-40-42-44-48(52)51-49(50(53)45(5)54-9-3)47(56-46(6)55-10-4)43-41-39-37-35-33-31-22-20-18-16-14-12-8-2/h41,43,45-47,49-50,53H,7-40,42,44H2,1-6H3,(H,51,52)/b43-41+/t45?,46?,47-,49+,50?/m0/s1. The molecule has 0 aliphatic heterocycles. The Morgan fingerprint density at radius 3 is 1.25 bits per heavy atom. The first-order valence-corrected chi connectivity index (χ1v) is 24.9. The number of unbranched alkanes of at least 4 members (excludes halogenated alkanes) is 31. The Bertz CT molecular complexity index is 821. The summed E-state index contributed by atoms with van der Waals surface area (Å²) in [6, 6.07) is -0.629. The molecule has 0 aromatic rings. The number of rotatable bonds is 45. The van der Waals surface area contributed by atoms with Gasteiger partial charge in [-0.25, -0.2) is 0 Å². The monoisotopic (exact) mass is 794 g/mol. The molecule has 0 rings (SSSR count). The van der Waals surface area contributed by atoms with Gasteiger partial charge < -0.3 is 24.6 Å². The van der Waals surface area contributed by atoms with E-state index in [9.17, 15) is 9.90 Å². The average molecular weight is 794 g/mol. The maximum absolute atomic E-state index is 13.3. The summed E-state index contributed by atoms with van der Waals surface area (Å²) >= 11 is 0. The Morgan fingerprint density at radius 1 is 0.518 bits per heavy atom. The van der Waals surface area contributed by atoms with Crippen LogP contribution >= 0.6 is 0 Å². The zero-order valence-corrected chi connectivity index (χ0v) is 38.6. The minimum atomic E-state index is -0.913. The Balaban J connectivity index is 4.46. The molecule has 0 aliphatic carbocycles. The molecule has 2 N–H and O–H groups in total. The van der Waals surface area contributed by atoms with E-state index in [-0.39, 0.29) is 5.91 Å². The normalized spacial score (nSPS) is 14.6. The maximum Gasteiger partial charge on any atom is 0.220 e. The van der Waals surface area contributed by atoms with Crippen LogP contribution in [-0.4, -0.2) is 54.9 Å². The lowest BCUT2D eigenvalue weighted by Crippen LogP contribution is -2.55. The van der Waals surface area contributed by atoms with Crippen molar-refractivity contribution in [2.45, 2.75) is 290 Å². The first-order chi connectivity index (χ1) is 27.4. The second kappa shape index (κ2) is 43.6. The Kier molecular flexibility index (Phi) is 42.9. The molecular formula is C50H99NO5. The molecule has 6 nitrogen and oxygen atoms in total. The lowest BCUT2D eigenvalue weighted by Gasteiger charge is -2.34. The fourth-order valence-corrected chi connectivity index (χ4v) is 7.89. The van der Waals surface area contributed by atoms with Gasteiger partial charge in [-0.2, -0.15) is 0 Å². The van der Waals surface area contributed by atoms with Gasteiger partial charge in [-0.15, -0.1) is 0 Å². The van der Waals surface area contributed by atoms with Crippen LogP contribution < -0.4 is 5.32 Å². The summed E-state index contributed by atoms with van der Waals surface area (Å²) in [5.74, 6) is -0.0352. The molecule has 6 heteroatoms. The molecule has 0 aliphatic rings. The fraction of sp³-hybridized carbons (Fsp3) is 0.940. The van der Waals surface area contributed by atoms with Gasteiger partial charge in [0.1, 0.15) is 12.2 Å². The first-order valence-electron chi connectivity index (χ1n) is 24.9. The molecular weight excluding hydrogens is 695 g/mol. The van der Waals surface area contributed by atoms with Crippen molar-refractivity contribution in [1.82, 2.24) is 5.32 Å². The Hall–Kier alpha value is -0.950. The third-order valence-electron chi connectivity index (χ3n) is 11.5. The van der Waals surface area contributed by atoms with Crippen LogP contribution in [0.1, 0.15) is 260 Å². The number of carbonyl (C=O) groups excluding carboxylic acids is 1. The van der Waals surface area contributed by atoms with Gasteiger partial charge in [0.2, 0.25) is 5.91 Å². The number of amides is 1. The zero-order chi connectivity index (χ0) is 41.2. The van der Waals surface area contributed by atoms with E-state index in [1.807, 2.05) is 33.8 Å². The van der Waals surface area contributed by atoms with Crippen molar-refractivity contribution < 1.29 is 24.1 Å². The van der Waals surface area contributed by atoms with E-state index in [1.165, 1.54) is 186 Å². The van der Waals surface area contributed by atoms with E-state index in [4.69, 9.17) is 14.2 Å². The van der Waals surface area contributed by atoms with Crippen molar-refractivity contribution in [1.29, 1.82) is 0 Å². The second-order valence-corrected chi connectivity index (χ2v) is 16.9. The predicted molar refractivity (Wildman–Crippen MR) is 242 cm³/mol. The van der Waals surface area contributed by atoms with Crippen molar-refractivity contribution in [3.05, 3.63) is 12.2 Å². The zero-order valence-electron chi connectivity index (χ0n) is 38.6. The number of hydrogen-bond acceptors (Lipinski definition) is 5. The molecule has 0 saturated heterocycles. The van der Waals surface area contributed by atoms with Gasteiger partial charge in [0.15, 0.2) is 6.29 Å². The van der Waals surface area contributed by atoms with E-state index >= 15 is 0 Å². The maximum atomic E-state index is 13.3. The van der Waals surface area contributed by atoms with Crippen molar-refractivity contribution in [3.8, 4) is 0 Å². The van der Waals surface area contributed by atoms with Gasteiger partial charge in [0.25, 0.3) is 0 Å². The van der Waals surface area contributed by atoms with Crippen molar-refractivity contribution in [2.75, 3.05) is 13.2 Å². The van der Waals surface area contributed by atoms with Crippen LogP contribution in [0.25, 0.3) is 0 Å². The number of aliphatic hydroxyl groups is 1. The number of aliphatic hydroxyl groups excluding tert-OH is 1. The number of nitrogens with one attached hydrogen (secondary N) is 1. The van der Waals surface area contributed by atoms with E-state index < -0.39 is 30.6 Å². The SMILES string of the molecule is CCCCCCCCCCCCC/C=C/[C@H](OC(C)OCC)[C@@H](NC(=O)CCCCCCCCCCCCCCCCCCCCCCC)C(O)C(C)OCC. The van der Waals surface area contributed by atoms with Crippen molar-refractivity contribution in [3.63, 3.8) is 0 Å². The van der Waals surface area contributed by atoms with Crippen LogP contribution in [0, 0.1) is 0 Å². The minimum Gasteiger partial charge on any atom is -0.388 e. The third kappa shape index (κ3) is 36.2. The Morgan fingerprint density at radius 2 is 0.875 bits per heavy atom. The molecule has 0 spiro atoms. The summed E-state index contributed by atoms with van der Waals surface area (Å²) in [5.41, 5.74) is 0. The molecule has 0 heterocycles. The average Bonchev–Trinajstić information content (AvgIpc) is 3.18. The van der Waals surface area contributed by atoms with Gasteiger partial charge >= 0.3 is 0 Å². The lowest BCUT2D eigenvalue weighted by atomic mass is 9.98. The van der Waals surface area contributed by atoms with Gasteiger partial charge in [0, 0.05) is 19.6 Å². The summed E-state index contributed by atoms with van der Waals surface area (Å²) in [5, 5.41) is 14.6. The summed E-state index contributed by atoms with van der Waals surface area (Å²) in [4.78, 5) is 13.3. The molecule has 0 saturated carbocycles. The van der Waals surface area contributed by atoms with Crippen LogP contribution in [0.5, 0.6) is 0 Å². The fourth-order valence-electron chi connectivity index (χ4n) is 7.89. The van der Waals surface area contributed by atoms with Crippen LogP contribution in [0.2, 0.25) is 0 Å². The van der Waals surface area contributed by atoms with Crippen molar-refractivity contribution in [2.24, 2.45) is 0 Å². The van der Waals surface area contributed by atoms with Gasteiger partial charge in [-0.3, -0.25) is 4.79 Å². The number of allylic oxidation sites excluding steroid dienone is 1. The molecule has 0 bridgehead atoms. The van der Waals surface area contributed by atoms with Gasteiger partial charge in [-0.05, 0) is 47.0 Å². The number of carbonyl (C=O) groups is 1. The largest absolute Gasteiger partial charge is 0.388 e. The quantitative estimate of drug-likeness (QED) is 0.0365. The molecule has 0 fully saturated rings. The second-order valence-electron chi connectivity index (χ2n) is 16.9. The molecule has 1 amide bonds. The van der Waals surface area contributed by atoms with Crippen LogP contribution in [-0.2, 0) is 19.0 Å². The number of hydrogen-bond donors (Lipinski definition) is 2. The first kappa shape index (κ1) is 55.0. The van der Waals surface area contributed by atoms with E-state index in [2.05, 4.69) is 25.2 Å². The molecule has 3 unspecified atom stereocenters. The minimum absolute atomic E-state index is 0.0352. The summed E-state index contributed by atoms with van der Waals surface area (Å²) in [6.07, 6.45) is 46.1. The lowest BCUT2D eigenvalue weighted by molar-refractivity contribution is -0.167. The summed E-state index contributed by atoms with van der Waals surface area (Å²) in [6.45, 7) is 13.2. The topological polar surface area (TPSA) is 77.0 Å². The van der Waals surface area contributed by atoms with E-state index in [0.717, 1.165) is 25.7 Å². The van der Waals surface area contributed by atoms with E-state index in [1.54, 1.807) is 0 Å². The Labute approximate surface area is 350 Å². The molecule has 5 atom stereocenters. The highest BCUT2D eigenvalue weighted by molar-refractivity contribution is 5.76. The van der Waals surface area contributed by atoms with Gasteiger partial charge in [-0.1, -0.05) is 219 Å². The highest BCUT2D eigenvalue weighted by Crippen LogP contribution is 2.19.